The van der Waals surface area contributed by atoms with Gasteiger partial charge in [-0.15, -0.1) is 11.3 Å². The molecule has 0 aliphatic rings. The molecule has 0 aliphatic heterocycles. The Labute approximate surface area is 147 Å². The minimum absolute atomic E-state index is 0.00518. The van der Waals surface area contributed by atoms with Crippen LogP contribution in [0.4, 0.5) is 11.4 Å². The Morgan fingerprint density at radius 2 is 2.00 bits per heavy atom. The van der Waals surface area contributed by atoms with Crippen LogP contribution in [-0.4, -0.2) is 30.5 Å². The highest BCUT2D eigenvalue weighted by molar-refractivity contribution is 7.12. The van der Waals surface area contributed by atoms with E-state index < -0.39 is 23.4 Å². The van der Waals surface area contributed by atoms with Crippen molar-refractivity contribution in [3.63, 3.8) is 0 Å². The van der Waals surface area contributed by atoms with Crippen LogP contribution in [0.5, 0.6) is 5.75 Å². The molecule has 0 fully saturated rings. The van der Waals surface area contributed by atoms with E-state index in [9.17, 15) is 19.7 Å². The van der Waals surface area contributed by atoms with Gasteiger partial charge in [0.15, 0.2) is 6.61 Å². The number of hydrogen-bond acceptors (Lipinski definition) is 7. The van der Waals surface area contributed by atoms with Gasteiger partial charge in [-0.25, -0.2) is 4.79 Å². The van der Waals surface area contributed by atoms with Crippen LogP contribution < -0.4 is 10.1 Å². The van der Waals surface area contributed by atoms with Gasteiger partial charge in [0.25, 0.3) is 11.6 Å². The van der Waals surface area contributed by atoms with Gasteiger partial charge in [-0.05, 0) is 32.0 Å². The molecule has 0 radical (unpaired) electrons. The predicted molar refractivity (Wildman–Crippen MR) is 92.4 cm³/mol. The van der Waals surface area contributed by atoms with Crippen molar-refractivity contribution in [3.05, 3.63) is 49.7 Å². The fraction of sp³-hybridized carbons (Fsp3) is 0.250. The zero-order chi connectivity index (χ0) is 18.6. The monoisotopic (exact) mass is 364 g/mol. The lowest BCUT2D eigenvalue weighted by atomic mass is 10.2. The Morgan fingerprint density at radius 1 is 1.28 bits per heavy atom. The number of nitro groups is 1. The number of carbonyl (C=O) groups excluding carboxylic acids is 2. The number of carbonyl (C=O) groups is 2. The van der Waals surface area contributed by atoms with Crippen molar-refractivity contribution < 1.29 is 24.0 Å². The number of nitrogens with one attached hydrogen (secondary N) is 1. The molecule has 1 amide bonds. The van der Waals surface area contributed by atoms with Crippen LogP contribution in [0.2, 0.25) is 0 Å². The lowest BCUT2D eigenvalue weighted by molar-refractivity contribution is -0.384. The number of hydrogen-bond donors (Lipinski definition) is 1. The number of aryl methyl sites for hydroxylation is 2. The molecular formula is C16H16N2O6S. The summed E-state index contributed by atoms with van der Waals surface area (Å²) >= 11 is 1.45. The van der Waals surface area contributed by atoms with Gasteiger partial charge < -0.3 is 14.8 Å². The molecule has 0 saturated heterocycles. The molecule has 8 nitrogen and oxygen atoms in total. The van der Waals surface area contributed by atoms with Crippen molar-refractivity contribution in [2.45, 2.75) is 13.8 Å². The van der Waals surface area contributed by atoms with Crippen LogP contribution in [0, 0.1) is 24.0 Å². The number of methoxy groups -OCH3 is 1. The van der Waals surface area contributed by atoms with Crippen LogP contribution in [0.25, 0.3) is 0 Å². The molecule has 0 atom stereocenters. The average Bonchev–Trinajstić information content (AvgIpc) is 2.91. The second-order valence-corrected chi connectivity index (χ2v) is 6.55. The molecule has 9 heteroatoms. The third-order valence-corrected chi connectivity index (χ3v) is 4.24. The van der Waals surface area contributed by atoms with Crippen LogP contribution in [0.15, 0.2) is 24.3 Å². The fourth-order valence-corrected chi connectivity index (χ4v) is 3.04. The molecule has 1 aromatic heterocycles. The maximum atomic E-state index is 12.0. The Bertz CT molecular complexity index is 830. The molecule has 1 heterocycles. The number of nitrogens with zero attached hydrogens (tertiary/aromatic N) is 1. The van der Waals surface area contributed by atoms with E-state index in [1.54, 1.807) is 13.0 Å². The van der Waals surface area contributed by atoms with Crippen molar-refractivity contribution in [2.75, 3.05) is 19.0 Å². The summed E-state index contributed by atoms with van der Waals surface area (Å²) in [5.74, 6) is -0.994. The second kappa shape index (κ2) is 7.75. The fourth-order valence-electron chi connectivity index (χ4n) is 2.12. The van der Waals surface area contributed by atoms with Crippen molar-refractivity contribution in [2.24, 2.45) is 0 Å². The molecule has 25 heavy (non-hydrogen) atoms. The van der Waals surface area contributed by atoms with Gasteiger partial charge in [-0.3, -0.25) is 14.9 Å². The normalized spacial score (nSPS) is 10.2. The lowest BCUT2D eigenvalue weighted by Crippen LogP contribution is -2.21. The second-order valence-electron chi connectivity index (χ2n) is 5.09. The quantitative estimate of drug-likeness (QED) is 0.479. The zero-order valence-corrected chi connectivity index (χ0v) is 14.6. The number of thiophene rings is 1. The van der Waals surface area contributed by atoms with E-state index in [2.05, 4.69) is 5.32 Å². The number of nitro benzene ring substituents is 1. The molecule has 0 unspecified atom stereocenters. The topological polar surface area (TPSA) is 108 Å². The maximum absolute atomic E-state index is 12.0. The van der Waals surface area contributed by atoms with Crippen LogP contribution in [0.1, 0.15) is 20.1 Å². The van der Waals surface area contributed by atoms with Crippen molar-refractivity contribution in [1.29, 1.82) is 0 Å². The van der Waals surface area contributed by atoms with Gasteiger partial charge >= 0.3 is 5.97 Å². The van der Waals surface area contributed by atoms with Crippen molar-refractivity contribution >= 4 is 34.6 Å². The zero-order valence-electron chi connectivity index (χ0n) is 13.8. The number of rotatable bonds is 6. The summed E-state index contributed by atoms with van der Waals surface area (Å²) in [6.07, 6.45) is 0. The molecule has 0 saturated carbocycles. The standard InChI is InChI=1S/C16H16N2O6S/c1-9-6-12(10(2)25-9)16(20)24-8-15(19)17-13-5-4-11(23-3)7-14(13)18(21)22/h4-7H,8H2,1-3H3,(H,17,19). The number of ether oxygens (including phenoxy) is 2. The molecule has 0 aliphatic carbocycles. The van der Waals surface area contributed by atoms with E-state index in [4.69, 9.17) is 9.47 Å². The maximum Gasteiger partial charge on any atom is 0.339 e. The molecule has 1 N–H and O–H groups in total. The molecule has 2 aromatic rings. The Balaban J connectivity index is 2.02. The average molecular weight is 364 g/mol. The third kappa shape index (κ3) is 4.54. The Morgan fingerprint density at radius 3 is 2.56 bits per heavy atom. The van der Waals surface area contributed by atoms with Gasteiger partial charge in [-0.2, -0.15) is 0 Å². The number of amides is 1. The summed E-state index contributed by atoms with van der Waals surface area (Å²) in [4.78, 5) is 36.1. The first-order chi connectivity index (χ1) is 11.8. The summed E-state index contributed by atoms with van der Waals surface area (Å²) in [6, 6.07) is 5.71. The summed E-state index contributed by atoms with van der Waals surface area (Å²) in [5.41, 5.74) is 0.0865. The van der Waals surface area contributed by atoms with Gasteiger partial charge in [-0.1, -0.05) is 0 Å². The number of benzene rings is 1. The third-order valence-electron chi connectivity index (χ3n) is 3.27. The van der Waals surface area contributed by atoms with Crippen molar-refractivity contribution in [1.82, 2.24) is 0 Å². The van der Waals surface area contributed by atoms with E-state index in [0.29, 0.717) is 11.3 Å². The molecule has 132 valence electrons. The van der Waals surface area contributed by atoms with Gasteiger partial charge in [0, 0.05) is 9.75 Å². The summed E-state index contributed by atoms with van der Waals surface area (Å²) in [5, 5.41) is 13.4. The highest BCUT2D eigenvalue weighted by atomic mass is 32.1. The first-order valence-electron chi connectivity index (χ1n) is 7.18. The van der Waals surface area contributed by atoms with Crippen molar-refractivity contribution in [3.8, 4) is 5.75 Å². The van der Waals surface area contributed by atoms with E-state index >= 15 is 0 Å². The highest BCUT2D eigenvalue weighted by Gasteiger charge is 2.19. The van der Waals surface area contributed by atoms with E-state index in [1.165, 1.54) is 36.6 Å². The smallest absolute Gasteiger partial charge is 0.339 e. The minimum Gasteiger partial charge on any atom is -0.496 e. The van der Waals surface area contributed by atoms with Gasteiger partial charge in [0.05, 0.1) is 23.7 Å². The van der Waals surface area contributed by atoms with Gasteiger partial charge in [0.2, 0.25) is 0 Å². The largest absolute Gasteiger partial charge is 0.496 e. The first-order valence-corrected chi connectivity index (χ1v) is 8.00. The summed E-state index contributed by atoms with van der Waals surface area (Å²) < 4.78 is 9.88. The van der Waals surface area contributed by atoms with E-state index in [-0.39, 0.29) is 11.4 Å². The minimum atomic E-state index is -0.675. The summed E-state index contributed by atoms with van der Waals surface area (Å²) in [7, 11) is 1.38. The van der Waals surface area contributed by atoms with E-state index in [1.807, 2.05) is 6.92 Å². The molecule has 2 rings (SSSR count). The van der Waals surface area contributed by atoms with Crippen LogP contribution >= 0.6 is 11.3 Å². The highest BCUT2D eigenvalue weighted by Crippen LogP contribution is 2.29. The van der Waals surface area contributed by atoms with Crippen LogP contribution in [-0.2, 0) is 9.53 Å². The predicted octanol–water partition coefficient (Wildman–Crippen LogP) is 3.08. The molecule has 0 spiro atoms. The Hall–Kier alpha value is -2.94. The van der Waals surface area contributed by atoms with Crippen LogP contribution in [0.3, 0.4) is 0 Å². The summed E-state index contributed by atoms with van der Waals surface area (Å²) in [6.45, 7) is 3.11. The molecule has 1 aromatic carbocycles. The first kappa shape index (κ1) is 18.4. The lowest BCUT2D eigenvalue weighted by Gasteiger charge is -2.08. The number of anilines is 1. The number of esters is 1. The Kier molecular flexibility index (Phi) is 5.71. The van der Waals surface area contributed by atoms with Gasteiger partial charge in [0.1, 0.15) is 11.4 Å². The molecular weight excluding hydrogens is 348 g/mol. The SMILES string of the molecule is COc1ccc(NC(=O)COC(=O)c2cc(C)sc2C)c([N+](=O)[O-])c1. The molecule has 0 bridgehead atoms. The van der Waals surface area contributed by atoms with E-state index in [0.717, 1.165) is 9.75 Å².